The highest BCUT2D eigenvalue weighted by Gasteiger charge is 2.40. The summed E-state index contributed by atoms with van der Waals surface area (Å²) in [6.07, 6.45) is 11.4. The van der Waals surface area contributed by atoms with E-state index in [1.54, 1.807) is 14.2 Å². The van der Waals surface area contributed by atoms with Crippen molar-refractivity contribution in [1.29, 1.82) is 0 Å². The molecule has 0 saturated heterocycles. The molecular weight excluding hydrogens is 478 g/mol. The van der Waals surface area contributed by atoms with Gasteiger partial charge in [-0.2, -0.15) is 0 Å². The number of hydrogen-bond donors (Lipinski definition) is 2. The van der Waals surface area contributed by atoms with Crippen LogP contribution in [0.1, 0.15) is 75.0 Å². The van der Waals surface area contributed by atoms with Gasteiger partial charge < -0.3 is 24.7 Å². The Balaban J connectivity index is 1.55. The van der Waals surface area contributed by atoms with Crippen molar-refractivity contribution in [3.05, 3.63) is 59.8 Å². The number of methoxy groups -OCH3 is 2. The Morgan fingerprint density at radius 3 is 2.42 bits per heavy atom. The molecule has 1 aromatic heterocycles. The van der Waals surface area contributed by atoms with Crippen LogP contribution in [0.15, 0.2) is 48.7 Å². The highest BCUT2D eigenvalue weighted by molar-refractivity contribution is 5.93. The predicted molar refractivity (Wildman–Crippen MR) is 148 cm³/mol. The van der Waals surface area contributed by atoms with Crippen molar-refractivity contribution in [2.45, 2.75) is 82.3 Å². The molecule has 0 spiro atoms. The largest absolute Gasteiger partial charge is 0.493 e. The van der Waals surface area contributed by atoms with Crippen LogP contribution in [0.4, 0.5) is 0 Å². The molecule has 7 nitrogen and oxygen atoms in total. The molecule has 2 aromatic carbocycles. The van der Waals surface area contributed by atoms with E-state index in [0.717, 1.165) is 67.8 Å². The average molecular weight is 518 g/mol. The van der Waals surface area contributed by atoms with Crippen LogP contribution in [-0.2, 0) is 16.0 Å². The third-order valence-corrected chi connectivity index (χ3v) is 8.23. The molecule has 2 aliphatic rings. The van der Waals surface area contributed by atoms with Crippen LogP contribution < -0.4 is 14.8 Å². The molecule has 2 aliphatic carbocycles. The molecular formula is C31H39N3O4. The number of para-hydroxylation sites is 2. The molecule has 2 N–H and O–H groups in total. The van der Waals surface area contributed by atoms with E-state index in [9.17, 15) is 9.59 Å². The standard InChI is InChI=1S/C31H39N3O4/c1-37-27-18-10-16-25(30(27)38-2)29(31(36)33-22-11-4-3-5-12-22)34(23-13-6-7-14-23)28(35)19-21-20-32-26-17-9-8-15-24(21)26/h8-10,15-18,20,22-23,29,32H,3-7,11-14,19H2,1-2H3,(H,33,36)/t29-/m1/s1. The molecule has 2 fully saturated rings. The lowest BCUT2D eigenvalue weighted by atomic mass is 9.94. The molecule has 2 amide bonds. The summed E-state index contributed by atoms with van der Waals surface area (Å²) in [6, 6.07) is 12.9. The number of nitrogens with one attached hydrogen (secondary N) is 2. The predicted octanol–water partition coefficient (Wildman–Crippen LogP) is 5.69. The summed E-state index contributed by atoms with van der Waals surface area (Å²) in [5, 5.41) is 4.35. The van der Waals surface area contributed by atoms with Gasteiger partial charge in [-0.1, -0.05) is 62.4 Å². The van der Waals surface area contributed by atoms with E-state index in [1.807, 2.05) is 53.6 Å². The Morgan fingerprint density at radius 1 is 0.947 bits per heavy atom. The third-order valence-electron chi connectivity index (χ3n) is 8.23. The highest BCUT2D eigenvalue weighted by atomic mass is 16.5. The van der Waals surface area contributed by atoms with Gasteiger partial charge in [-0.25, -0.2) is 0 Å². The molecule has 3 aromatic rings. The smallest absolute Gasteiger partial charge is 0.247 e. The molecule has 1 heterocycles. The number of amides is 2. The van der Waals surface area contributed by atoms with Crippen molar-refractivity contribution < 1.29 is 19.1 Å². The molecule has 0 unspecified atom stereocenters. The van der Waals surface area contributed by atoms with Crippen molar-refractivity contribution in [3.8, 4) is 11.5 Å². The van der Waals surface area contributed by atoms with Crippen molar-refractivity contribution in [2.24, 2.45) is 0 Å². The van der Waals surface area contributed by atoms with Gasteiger partial charge in [-0.15, -0.1) is 0 Å². The van der Waals surface area contributed by atoms with Crippen molar-refractivity contribution in [2.75, 3.05) is 14.2 Å². The summed E-state index contributed by atoms with van der Waals surface area (Å²) < 4.78 is 11.4. The Kier molecular flexibility index (Phi) is 8.20. The fourth-order valence-electron chi connectivity index (χ4n) is 6.34. The van der Waals surface area contributed by atoms with E-state index >= 15 is 0 Å². The zero-order chi connectivity index (χ0) is 26.5. The number of aromatic amines is 1. The van der Waals surface area contributed by atoms with Crippen LogP contribution in [0.5, 0.6) is 11.5 Å². The number of aromatic nitrogens is 1. The van der Waals surface area contributed by atoms with Crippen LogP contribution in [0, 0.1) is 0 Å². The molecule has 202 valence electrons. The monoisotopic (exact) mass is 517 g/mol. The van der Waals surface area contributed by atoms with Crippen LogP contribution in [0.3, 0.4) is 0 Å². The number of carbonyl (C=O) groups excluding carboxylic acids is 2. The lowest BCUT2D eigenvalue weighted by Crippen LogP contribution is -2.50. The van der Waals surface area contributed by atoms with Crippen LogP contribution >= 0.6 is 0 Å². The molecule has 2 saturated carbocycles. The van der Waals surface area contributed by atoms with Gasteiger partial charge >= 0.3 is 0 Å². The zero-order valence-electron chi connectivity index (χ0n) is 22.5. The Labute approximate surface area is 224 Å². The zero-order valence-corrected chi connectivity index (χ0v) is 22.5. The van der Waals surface area contributed by atoms with E-state index in [4.69, 9.17) is 9.47 Å². The third kappa shape index (κ3) is 5.38. The first-order valence-corrected chi connectivity index (χ1v) is 14.0. The van der Waals surface area contributed by atoms with Gasteiger partial charge in [0.25, 0.3) is 0 Å². The van der Waals surface area contributed by atoms with E-state index in [1.165, 1.54) is 6.42 Å². The fraction of sp³-hybridized carbons (Fsp3) is 0.484. The van der Waals surface area contributed by atoms with Crippen molar-refractivity contribution >= 4 is 22.7 Å². The van der Waals surface area contributed by atoms with Gasteiger partial charge in [0.05, 0.1) is 20.6 Å². The summed E-state index contributed by atoms with van der Waals surface area (Å²) in [6.45, 7) is 0. The molecule has 1 atom stereocenters. The minimum absolute atomic E-state index is 0.00859. The maximum Gasteiger partial charge on any atom is 0.247 e. The minimum Gasteiger partial charge on any atom is -0.493 e. The summed E-state index contributed by atoms with van der Waals surface area (Å²) in [4.78, 5) is 33.6. The second-order valence-corrected chi connectivity index (χ2v) is 10.6. The lowest BCUT2D eigenvalue weighted by molar-refractivity contribution is -0.143. The lowest BCUT2D eigenvalue weighted by Gasteiger charge is -2.38. The van der Waals surface area contributed by atoms with Crippen LogP contribution in [0.2, 0.25) is 0 Å². The summed E-state index contributed by atoms with van der Waals surface area (Å²) >= 11 is 0. The first kappa shape index (κ1) is 26.1. The number of fused-ring (bicyclic) bond motifs is 1. The highest BCUT2D eigenvalue weighted by Crippen LogP contribution is 2.40. The van der Waals surface area contributed by atoms with Gasteiger partial charge in [-0.05, 0) is 43.4 Å². The average Bonchev–Trinajstić information content (AvgIpc) is 3.62. The first-order chi connectivity index (χ1) is 18.6. The maximum atomic E-state index is 14.3. The van der Waals surface area contributed by atoms with Gasteiger partial charge in [0, 0.05) is 34.7 Å². The first-order valence-electron chi connectivity index (χ1n) is 14.0. The van der Waals surface area contributed by atoms with Crippen molar-refractivity contribution in [3.63, 3.8) is 0 Å². The topological polar surface area (TPSA) is 83.7 Å². The van der Waals surface area contributed by atoms with Gasteiger partial charge in [0.1, 0.15) is 6.04 Å². The fourth-order valence-corrected chi connectivity index (χ4v) is 6.34. The quantitative estimate of drug-likeness (QED) is 0.382. The molecule has 0 bridgehead atoms. The molecule has 7 heteroatoms. The number of benzene rings is 2. The molecule has 0 aliphatic heterocycles. The second kappa shape index (κ2) is 11.9. The van der Waals surface area contributed by atoms with E-state index in [0.29, 0.717) is 17.1 Å². The Hall–Kier alpha value is -3.48. The number of carbonyl (C=O) groups is 2. The van der Waals surface area contributed by atoms with Crippen molar-refractivity contribution in [1.82, 2.24) is 15.2 Å². The van der Waals surface area contributed by atoms with Gasteiger partial charge in [0.2, 0.25) is 11.8 Å². The van der Waals surface area contributed by atoms with Gasteiger partial charge in [0.15, 0.2) is 11.5 Å². The van der Waals surface area contributed by atoms with Crippen LogP contribution in [0.25, 0.3) is 10.9 Å². The summed E-state index contributed by atoms with van der Waals surface area (Å²) in [5.41, 5.74) is 2.61. The normalized spacial score (nSPS) is 17.3. The van der Waals surface area contributed by atoms with E-state index < -0.39 is 6.04 Å². The number of H-pyrrole nitrogens is 1. The number of ether oxygens (including phenoxy) is 2. The number of nitrogens with zero attached hydrogens (tertiary/aromatic N) is 1. The minimum atomic E-state index is -0.803. The SMILES string of the molecule is COc1cccc([C@H](C(=O)NC2CCCCC2)N(C(=O)Cc2c[nH]c3ccccc23)C2CCCC2)c1OC. The molecule has 0 radical (unpaired) electrons. The maximum absolute atomic E-state index is 14.3. The summed E-state index contributed by atoms with van der Waals surface area (Å²) in [7, 11) is 3.18. The Morgan fingerprint density at radius 2 is 1.68 bits per heavy atom. The molecule has 38 heavy (non-hydrogen) atoms. The van der Waals surface area contributed by atoms with Gasteiger partial charge in [-0.3, -0.25) is 9.59 Å². The summed E-state index contributed by atoms with van der Waals surface area (Å²) in [5.74, 6) is 0.871. The number of hydrogen-bond acceptors (Lipinski definition) is 4. The second-order valence-electron chi connectivity index (χ2n) is 10.6. The Bertz CT molecular complexity index is 1260. The van der Waals surface area contributed by atoms with Crippen LogP contribution in [-0.4, -0.2) is 48.0 Å². The van der Waals surface area contributed by atoms with E-state index in [-0.39, 0.29) is 30.3 Å². The van der Waals surface area contributed by atoms with E-state index in [2.05, 4.69) is 10.3 Å². The number of rotatable bonds is 9. The molecule has 5 rings (SSSR count).